The van der Waals surface area contributed by atoms with Crippen LogP contribution >= 0.6 is 0 Å². The van der Waals surface area contributed by atoms with Crippen molar-refractivity contribution in [2.24, 2.45) is 0 Å². The molecule has 7 heteroatoms. The van der Waals surface area contributed by atoms with Gasteiger partial charge >= 0.3 is 6.18 Å². The van der Waals surface area contributed by atoms with Gasteiger partial charge in [0.1, 0.15) is 6.10 Å². The first-order valence-electron chi connectivity index (χ1n) is 7.78. The summed E-state index contributed by atoms with van der Waals surface area (Å²) >= 11 is 0. The van der Waals surface area contributed by atoms with E-state index in [0.29, 0.717) is 32.8 Å². The molecule has 1 aromatic rings. The zero-order chi connectivity index (χ0) is 16.4. The third-order valence-corrected chi connectivity index (χ3v) is 4.35. The number of ether oxygens (including phenoxy) is 1. The number of para-hydroxylation sites is 1. The van der Waals surface area contributed by atoms with Crippen molar-refractivity contribution in [1.82, 2.24) is 4.90 Å². The summed E-state index contributed by atoms with van der Waals surface area (Å²) in [5, 5.41) is 0. The molecule has 1 atom stereocenters. The quantitative estimate of drug-likeness (QED) is 0.836. The number of anilines is 1. The second-order valence-corrected chi connectivity index (χ2v) is 5.83. The van der Waals surface area contributed by atoms with Gasteiger partial charge in [0.05, 0.1) is 5.56 Å². The van der Waals surface area contributed by atoms with E-state index in [9.17, 15) is 18.0 Å². The Morgan fingerprint density at radius 3 is 2.43 bits per heavy atom. The van der Waals surface area contributed by atoms with Crippen LogP contribution in [0.5, 0.6) is 0 Å². The number of carbonyl (C=O) groups is 1. The highest BCUT2D eigenvalue weighted by atomic mass is 19.4. The molecule has 0 radical (unpaired) electrons. The summed E-state index contributed by atoms with van der Waals surface area (Å²) in [4.78, 5) is 15.7. The van der Waals surface area contributed by atoms with E-state index >= 15 is 0 Å². The molecule has 0 aromatic heterocycles. The van der Waals surface area contributed by atoms with Gasteiger partial charge in [-0.25, -0.2) is 0 Å². The fourth-order valence-electron chi connectivity index (χ4n) is 3.13. The minimum atomic E-state index is -4.37. The molecule has 2 saturated heterocycles. The smallest absolute Gasteiger partial charge is 0.368 e. The predicted molar refractivity (Wildman–Crippen MR) is 79.2 cm³/mol. The van der Waals surface area contributed by atoms with Crippen molar-refractivity contribution in [3.05, 3.63) is 29.8 Å². The van der Waals surface area contributed by atoms with E-state index in [4.69, 9.17) is 4.74 Å². The second kappa shape index (κ2) is 6.39. The maximum absolute atomic E-state index is 13.1. The molecule has 2 heterocycles. The number of nitrogens with zero attached hydrogens (tertiary/aromatic N) is 2. The third kappa shape index (κ3) is 3.44. The van der Waals surface area contributed by atoms with Gasteiger partial charge in [-0.3, -0.25) is 4.79 Å². The van der Waals surface area contributed by atoms with E-state index in [-0.39, 0.29) is 17.7 Å². The molecule has 0 aliphatic carbocycles. The van der Waals surface area contributed by atoms with Crippen molar-refractivity contribution in [3.8, 4) is 0 Å². The Bertz CT molecular complexity index is 563. The predicted octanol–water partition coefficient (Wildman–Crippen LogP) is 2.53. The molecule has 0 bridgehead atoms. The van der Waals surface area contributed by atoms with Crippen LogP contribution in [0.3, 0.4) is 0 Å². The first-order chi connectivity index (χ1) is 11.0. The minimum Gasteiger partial charge on any atom is -0.368 e. The van der Waals surface area contributed by atoms with Crippen LogP contribution in [0, 0.1) is 0 Å². The highest BCUT2D eigenvalue weighted by molar-refractivity contribution is 5.81. The fraction of sp³-hybridized carbons (Fsp3) is 0.562. The minimum absolute atomic E-state index is 0.0359. The lowest BCUT2D eigenvalue weighted by molar-refractivity contribution is -0.141. The summed E-state index contributed by atoms with van der Waals surface area (Å²) in [7, 11) is 0. The van der Waals surface area contributed by atoms with E-state index in [0.717, 1.165) is 18.9 Å². The van der Waals surface area contributed by atoms with Crippen molar-refractivity contribution in [3.63, 3.8) is 0 Å². The SMILES string of the molecule is O=C(C1CCCO1)N1CCN(c2ccccc2C(F)(F)F)CC1. The molecule has 0 spiro atoms. The maximum atomic E-state index is 13.1. The van der Waals surface area contributed by atoms with Crippen LogP contribution in [0.1, 0.15) is 18.4 Å². The number of amides is 1. The molecule has 3 rings (SSSR count). The molecule has 1 unspecified atom stereocenters. The zero-order valence-electron chi connectivity index (χ0n) is 12.7. The zero-order valence-corrected chi connectivity index (χ0v) is 12.7. The van der Waals surface area contributed by atoms with E-state index < -0.39 is 11.7 Å². The Labute approximate surface area is 132 Å². The standard InChI is InChI=1S/C16H19F3N2O2/c17-16(18,19)12-4-1-2-5-13(12)20-7-9-21(10-8-20)15(22)14-6-3-11-23-14/h1-2,4-5,14H,3,6-11H2. The molecule has 23 heavy (non-hydrogen) atoms. The van der Waals surface area contributed by atoms with Gasteiger partial charge in [0.2, 0.25) is 0 Å². The Morgan fingerprint density at radius 1 is 1.13 bits per heavy atom. The second-order valence-electron chi connectivity index (χ2n) is 5.83. The topological polar surface area (TPSA) is 32.8 Å². The number of piperazine rings is 1. The summed E-state index contributed by atoms with van der Waals surface area (Å²) in [6.45, 7) is 2.24. The number of benzene rings is 1. The summed E-state index contributed by atoms with van der Waals surface area (Å²) < 4.78 is 44.7. The largest absolute Gasteiger partial charge is 0.418 e. The number of hydrogen-bond donors (Lipinski definition) is 0. The summed E-state index contributed by atoms with van der Waals surface area (Å²) in [5.41, 5.74) is -0.442. The molecular formula is C16H19F3N2O2. The maximum Gasteiger partial charge on any atom is 0.418 e. The molecule has 2 fully saturated rings. The molecule has 1 amide bonds. The van der Waals surface area contributed by atoms with Gasteiger partial charge in [-0.15, -0.1) is 0 Å². The van der Waals surface area contributed by atoms with Crippen LogP contribution in [0.4, 0.5) is 18.9 Å². The third-order valence-electron chi connectivity index (χ3n) is 4.35. The average Bonchev–Trinajstić information content (AvgIpc) is 3.08. The molecular weight excluding hydrogens is 309 g/mol. The van der Waals surface area contributed by atoms with Gasteiger partial charge < -0.3 is 14.5 Å². The lowest BCUT2D eigenvalue weighted by atomic mass is 10.1. The molecule has 1 aromatic carbocycles. The molecule has 126 valence electrons. The first kappa shape index (κ1) is 16.1. The normalized spacial score (nSPS) is 22.5. The number of alkyl halides is 3. The highest BCUT2D eigenvalue weighted by Gasteiger charge is 2.36. The Balaban J connectivity index is 1.66. The van der Waals surface area contributed by atoms with Gasteiger partial charge in [0, 0.05) is 38.5 Å². The van der Waals surface area contributed by atoms with Crippen LogP contribution in [0.2, 0.25) is 0 Å². The van der Waals surface area contributed by atoms with Crippen molar-refractivity contribution < 1.29 is 22.7 Å². The van der Waals surface area contributed by atoms with E-state index in [1.807, 2.05) is 0 Å². The van der Waals surface area contributed by atoms with E-state index in [1.54, 1.807) is 15.9 Å². The molecule has 0 saturated carbocycles. The highest BCUT2D eigenvalue weighted by Crippen LogP contribution is 2.36. The van der Waals surface area contributed by atoms with Crippen LogP contribution in [-0.2, 0) is 15.7 Å². The van der Waals surface area contributed by atoms with Gasteiger partial charge in [-0.1, -0.05) is 12.1 Å². The average molecular weight is 328 g/mol. The molecule has 2 aliphatic heterocycles. The van der Waals surface area contributed by atoms with Gasteiger partial charge in [0.25, 0.3) is 5.91 Å². The van der Waals surface area contributed by atoms with Crippen molar-refractivity contribution >= 4 is 11.6 Å². The Morgan fingerprint density at radius 2 is 1.83 bits per heavy atom. The van der Waals surface area contributed by atoms with Gasteiger partial charge in [-0.05, 0) is 25.0 Å². The Kier molecular flexibility index (Phi) is 4.48. The van der Waals surface area contributed by atoms with Crippen LogP contribution in [0.15, 0.2) is 24.3 Å². The monoisotopic (exact) mass is 328 g/mol. The number of rotatable bonds is 2. The van der Waals surface area contributed by atoms with Crippen molar-refractivity contribution in [1.29, 1.82) is 0 Å². The summed E-state index contributed by atoms with van der Waals surface area (Å²) in [5.74, 6) is -0.0359. The number of hydrogen-bond acceptors (Lipinski definition) is 3. The van der Waals surface area contributed by atoms with Crippen LogP contribution < -0.4 is 4.90 Å². The fourth-order valence-corrected chi connectivity index (χ4v) is 3.13. The molecule has 2 aliphatic rings. The van der Waals surface area contributed by atoms with E-state index in [2.05, 4.69) is 0 Å². The molecule has 0 N–H and O–H groups in total. The van der Waals surface area contributed by atoms with Gasteiger partial charge in [0.15, 0.2) is 0 Å². The number of carbonyl (C=O) groups excluding carboxylic acids is 1. The lowest BCUT2D eigenvalue weighted by Gasteiger charge is -2.37. The first-order valence-corrected chi connectivity index (χ1v) is 7.78. The summed E-state index contributed by atoms with van der Waals surface area (Å²) in [6.07, 6.45) is -3.13. The van der Waals surface area contributed by atoms with Gasteiger partial charge in [-0.2, -0.15) is 13.2 Å². The van der Waals surface area contributed by atoms with Crippen molar-refractivity contribution in [2.75, 3.05) is 37.7 Å². The number of halogens is 3. The lowest BCUT2D eigenvalue weighted by Crippen LogP contribution is -2.51. The Hall–Kier alpha value is -1.76. The van der Waals surface area contributed by atoms with Crippen LogP contribution in [0.25, 0.3) is 0 Å². The summed E-state index contributed by atoms with van der Waals surface area (Å²) in [6, 6.07) is 5.58. The van der Waals surface area contributed by atoms with E-state index in [1.165, 1.54) is 12.1 Å². The van der Waals surface area contributed by atoms with Crippen molar-refractivity contribution in [2.45, 2.75) is 25.1 Å². The van der Waals surface area contributed by atoms with Crippen LogP contribution in [-0.4, -0.2) is 49.7 Å². The molecule has 4 nitrogen and oxygen atoms in total.